The van der Waals surface area contributed by atoms with E-state index in [1.54, 1.807) is 43.4 Å². The number of allylic oxidation sites excluding steroid dienone is 2. The Morgan fingerprint density at radius 2 is 1.89 bits per heavy atom. The van der Waals surface area contributed by atoms with Gasteiger partial charge in [-0.1, -0.05) is 0 Å². The van der Waals surface area contributed by atoms with Crippen molar-refractivity contribution in [3.63, 3.8) is 0 Å². The van der Waals surface area contributed by atoms with Gasteiger partial charge in [0.2, 0.25) is 0 Å². The first-order valence-corrected chi connectivity index (χ1v) is 12.7. The molecule has 5 nitrogen and oxygen atoms in total. The smallest absolute Gasteiger partial charge is 0.343 e. The maximum Gasteiger partial charge on any atom is 0.343 e. The van der Waals surface area contributed by atoms with Crippen molar-refractivity contribution in [2.45, 2.75) is 38.0 Å². The van der Waals surface area contributed by atoms with Crippen molar-refractivity contribution in [2.75, 3.05) is 17.3 Å². The van der Waals surface area contributed by atoms with Gasteiger partial charge in [-0.25, -0.2) is 13.2 Å². The summed E-state index contributed by atoms with van der Waals surface area (Å²) in [7, 11) is -3.44. The fourth-order valence-corrected chi connectivity index (χ4v) is 8.85. The van der Waals surface area contributed by atoms with Crippen LogP contribution in [0.4, 0.5) is 0 Å². The number of esters is 1. The van der Waals surface area contributed by atoms with E-state index >= 15 is 0 Å². The van der Waals surface area contributed by atoms with Crippen molar-refractivity contribution in [3.8, 4) is 0 Å². The van der Waals surface area contributed by atoms with Crippen molar-refractivity contribution in [1.82, 2.24) is 0 Å². The molecule has 4 rings (SSSR count). The molecule has 0 bridgehead atoms. The fourth-order valence-electron chi connectivity index (χ4n) is 3.81. The van der Waals surface area contributed by atoms with Crippen LogP contribution in [0.5, 0.6) is 0 Å². The zero-order valence-corrected chi connectivity index (χ0v) is 18.1. The van der Waals surface area contributed by atoms with Crippen LogP contribution in [0.1, 0.15) is 46.3 Å². The van der Waals surface area contributed by atoms with Crippen molar-refractivity contribution in [3.05, 3.63) is 45.1 Å². The first kappa shape index (κ1) is 19.8. The van der Waals surface area contributed by atoms with E-state index in [2.05, 4.69) is 0 Å². The van der Waals surface area contributed by atoms with Gasteiger partial charge in [-0.15, -0.1) is 23.5 Å². The molecule has 1 aromatic rings. The van der Waals surface area contributed by atoms with Crippen LogP contribution < -0.4 is 0 Å². The number of hydrogen-bond donors (Lipinski definition) is 0. The van der Waals surface area contributed by atoms with Gasteiger partial charge in [-0.3, -0.25) is 4.79 Å². The topological polar surface area (TPSA) is 77.5 Å². The first-order valence-electron chi connectivity index (χ1n) is 9.09. The van der Waals surface area contributed by atoms with Gasteiger partial charge < -0.3 is 4.74 Å². The molecule has 3 aliphatic rings. The lowest BCUT2D eigenvalue weighted by atomic mass is 9.97. The molecule has 0 N–H and O–H groups in total. The van der Waals surface area contributed by atoms with Gasteiger partial charge in [-0.05, 0) is 37.5 Å². The molecule has 0 spiro atoms. The Kier molecular flexibility index (Phi) is 5.22. The van der Waals surface area contributed by atoms with Gasteiger partial charge in [0.15, 0.2) is 15.6 Å². The SMILES string of the molecule is Cc1cc(C(=O)OC2=CC(=O)CCC2)c(C)c2c1S(=O)(=O)CC1=C2SCCS1. The third-order valence-corrected chi connectivity index (χ3v) is 9.70. The second-order valence-electron chi connectivity index (χ2n) is 7.10. The molecule has 1 aromatic carbocycles. The number of carbonyl (C=O) groups is 2. The molecule has 8 heteroatoms. The number of sulfone groups is 1. The molecule has 148 valence electrons. The predicted molar refractivity (Wildman–Crippen MR) is 112 cm³/mol. The summed E-state index contributed by atoms with van der Waals surface area (Å²) in [6.45, 7) is 3.50. The Morgan fingerprint density at radius 1 is 1.14 bits per heavy atom. The first-order chi connectivity index (χ1) is 13.3. The summed E-state index contributed by atoms with van der Waals surface area (Å²) in [5.74, 6) is 1.63. The molecular formula is C20H20O5S3. The van der Waals surface area contributed by atoms with E-state index in [9.17, 15) is 18.0 Å². The number of thioether (sulfide) groups is 2. The minimum atomic E-state index is -3.44. The number of rotatable bonds is 2. The Morgan fingerprint density at radius 3 is 2.64 bits per heavy atom. The normalized spacial score (nSPS) is 20.9. The largest absolute Gasteiger partial charge is 0.427 e. The van der Waals surface area contributed by atoms with Crippen LogP contribution >= 0.6 is 23.5 Å². The number of aryl methyl sites for hydroxylation is 1. The van der Waals surface area contributed by atoms with E-state index in [1.807, 2.05) is 0 Å². The van der Waals surface area contributed by atoms with Crippen LogP contribution in [0, 0.1) is 13.8 Å². The van der Waals surface area contributed by atoms with E-state index in [-0.39, 0.29) is 11.5 Å². The summed E-state index contributed by atoms with van der Waals surface area (Å²) in [6.07, 6.45) is 3.08. The number of hydrogen-bond acceptors (Lipinski definition) is 7. The minimum absolute atomic E-state index is 0.0338. The fraction of sp³-hybridized carbons (Fsp3) is 0.400. The summed E-state index contributed by atoms with van der Waals surface area (Å²) in [5.41, 5.74) is 2.19. The maximum absolute atomic E-state index is 12.9. The van der Waals surface area contributed by atoms with Crippen molar-refractivity contribution < 1.29 is 22.7 Å². The summed E-state index contributed by atoms with van der Waals surface area (Å²) in [4.78, 5) is 26.6. The highest BCUT2D eigenvalue weighted by Gasteiger charge is 2.36. The number of fused-ring (bicyclic) bond motifs is 2. The summed E-state index contributed by atoms with van der Waals surface area (Å²) in [5, 5.41) is 0. The third-order valence-electron chi connectivity index (χ3n) is 5.06. The molecule has 0 fully saturated rings. The van der Waals surface area contributed by atoms with Gasteiger partial charge in [0.25, 0.3) is 0 Å². The molecular weight excluding hydrogens is 416 g/mol. The van der Waals surface area contributed by atoms with Crippen LogP contribution in [0.3, 0.4) is 0 Å². The van der Waals surface area contributed by atoms with Crippen LogP contribution in [-0.4, -0.2) is 37.4 Å². The van der Waals surface area contributed by atoms with Gasteiger partial charge in [0, 0.05) is 45.8 Å². The monoisotopic (exact) mass is 436 g/mol. The Labute approximate surface area is 172 Å². The van der Waals surface area contributed by atoms with E-state index in [0.29, 0.717) is 52.2 Å². The van der Waals surface area contributed by atoms with E-state index in [4.69, 9.17) is 4.74 Å². The molecule has 0 unspecified atom stereocenters. The molecule has 0 atom stereocenters. The minimum Gasteiger partial charge on any atom is -0.427 e. The Balaban J connectivity index is 1.82. The molecule has 0 saturated carbocycles. The highest BCUT2D eigenvalue weighted by molar-refractivity contribution is 8.14. The lowest BCUT2D eigenvalue weighted by molar-refractivity contribution is -0.115. The lowest BCUT2D eigenvalue weighted by Gasteiger charge is -2.29. The number of ether oxygens (including phenoxy) is 1. The van der Waals surface area contributed by atoms with Crippen molar-refractivity contribution >= 4 is 50.0 Å². The zero-order valence-electron chi connectivity index (χ0n) is 15.7. The third kappa shape index (κ3) is 3.46. The van der Waals surface area contributed by atoms with Crippen LogP contribution in [0.2, 0.25) is 0 Å². The maximum atomic E-state index is 12.9. The molecule has 2 heterocycles. The van der Waals surface area contributed by atoms with Crippen LogP contribution in [-0.2, 0) is 19.4 Å². The highest BCUT2D eigenvalue weighted by atomic mass is 32.2. The summed E-state index contributed by atoms with van der Waals surface area (Å²) >= 11 is 3.24. The summed E-state index contributed by atoms with van der Waals surface area (Å²) < 4.78 is 31.3. The van der Waals surface area contributed by atoms with Gasteiger partial charge in [0.1, 0.15) is 5.76 Å². The van der Waals surface area contributed by atoms with E-state index in [0.717, 1.165) is 21.3 Å². The van der Waals surface area contributed by atoms with Gasteiger partial charge >= 0.3 is 5.97 Å². The average molecular weight is 437 g/mol. The molecule has 1 aliphatic carbocycles. The second-order valence-corrected chi connectivity index (χ2v) is 11.3. The van der Waals surface area contributed by atoms with E-state index < -0.39 is 15.8 Å². The Bertz CT molecular complexity index is 1060. The van der Waals surface area contributed by atoms with Gasteiger partial charge in [0.05, 0.1) is 16.2 Å². The molecule has 0 aromatic heterocycles. The molecule has 0 radical (unpaired) electrons. The molecule has 28 heavy (non-hydrogen) atoms. The van der Waals surface area contributed by atoms with Crippen molar-refractivity contribution in [1.29, 1.82) is 0 Å². The molecule has 0 amide bonds. The number of carbonyl (C=O) groups excluding carboxylic acids is 2. The number of ketones is 1. The number of benzene rings is 1. The van der Waals surface area contributed by atoms with Crippen LogP contribution in [0.25, 0.3) is 4.91 Å². The van der Waals surface area contributed by atoms with Crippen LogP contribution in [0.15, 0.2) is 27.7 Å². The highest BCUT2D eigenvalue weighted by Crippen LogP contribution is 2.49. The average Bonchev–Trinajstić information content (AvgIpc) is 2.63. The second kappa shape index (κ2) is 7.39. The van der Waals surface area contributed by atoms with E-state index in [1.165, 1.54) is 6.08 Å². The molecule has 2 aliphatic heterocycles. The van der Waals surface area contributed by atoms with Gasteiger partial charge in [-0.2, -0.15) is 0 Å². The molecule has 0 saturated heterocycles. The summed E-state index contributed by atoms with van der Waals surface area (Å²) in [6, 6.07) is 1.60. The zero-order chi connectivity index (χ0) is 20.1. The lowest BCUT2D eigenvalue weighted by Crippen LogP contribution is -2.22. The van der Waals surface area contributed by atoms with Crippen molar-refractivity contribution in [2.24, 2.45) is 0 Å². The Hall–Kier alpha value is -1.51. The standard InChI is InChI=1S/C20H20O5S3/c1-11-8-15(20(22)25-14-5-3-4-13(21)9-14)12(2)17-18-16(26-6-7-27-18)10-28(23,24)19(11)17/h8-9H,3-7,10H2,1-2H3. The predicted octanol–water partition coefficient (Wildman–Crippen LogP) is 4.03. The quantitative estimate of drug-likeness (QED) is 0.648.